The Hall–Kier alpha value is -2.37. The van der Waals surface area contributed by atoms with Crippen molar-refractivity contribution < 1.29 is 19.5 Å². The van der Waals surface area contributed by atoms with Crippen molar-refractivity contribution in [2.24, 2.45) is 11.8 Å². The van der Waals surface area contributed by atoms with E-state index in [4.69, 9.17) is 0 Å². The van der Waals surface area contributed by atoms with E-state index in [0.29, 0.717) is 37.4 Å². The molecule has 2 fully saturated rings. The van der Waals surface area contributed by atoms with E-state index in [0.717, 1.165) is 25.9 Å². The van der Waals surface area contributed by atoms with Crippen molar-refractivity contribution in [3.05, 3.63) is 35.4 Å². The molecular formula is C21H28N2O4. The van der Waals surface area contributed by atoms with Crippen molar-refractivity contribution in [3.8, 4) is 0 Å². The molecule has 0 radical (unpaired) electrons. The Morgan fingerprint density at radius 3 is 2.19 bits per heavy atom. The second kappa shape index (κ2) is 8.55. The van der Waals surface area contributed by atoms with Crippen molar-refractivity contribution >= 4 is 17.8 Å². The molecule has 2 saturated heterocycles. The van der Waals surface area contributed by atoms with Crippen LogP contribution in [-0.4, -0.2) is 58.9 Å². The van der Waals surface area contributed by atoms with Crippen LogP contribution in [0.3, 0.4) is 0 Å². The van der Waals surface area contributed by atoms with Gasteiger partial charge >= 0.3 is 5.97 Å². The van der Waals surface area contributed by atoms with Gasteiger partial charge in [0.05, 0.1) is 12.0 Å². The Bertz CT molecular complexity index is 702. The average molecular weight is 372 g/mol. The molecule has 27 heavy (non-hydrogen) atoms. The van der Waals surface area contributed by atoms with Crippen LogP contribution in [0.1, 0.15) is 48.5 Å². The van der Waals surface area contributed by atoms with Crippen LogP contribution >= 0.6 is 0 Å². The molecule has 3 rings (SSSR count). The maximum atomic E-state index is 12.7. The molecule has 146 valence electrons. The zero-order valence-electron chi connectivity index (χ0n) is 15.9. The second-order valence-electron chi connectivity index (χ2n) is 7.80. The van der Waals surface area contributed by atoms with Crippen LogP contribution in [0.15, 0.2) is 24.3 Å². The van der Waals surface area contributed by atoms with Gasteiger partial charge < -0.3 is 14.9 Å². The van der Waals surface area contributed by atoms with E-state index in [1.54, 1.807) is 23.1 Å². The number of hydrogen-bond donors (Lipinski definition) is 1. The summed E-state index contributed by atoms with van der Waals surface area (Å²) >= 11 is 0. The molecule has 1 aromatic rings. The summed E-state index contributed by atoms with van der Waals surface area (Å²) in [6.07, 6.45) is 3.62. The van der Waals surface area contributed by atoms with Crippen molar-refractivity contribution in [3.63, 3.8) is 0 Å². The fraction of sp³-hybridized carbons (Fsp3) is 0.571. The van der Waals surface area contributed by atoms with Crippen LogP contribution < -0.4 is 0 Å². The fourth-order valence-corrected chi connectivity index (χ4v) is 4.02. The van der Waals surface area contributed by atoms with Crippen LogP contribution in [0.5, 0.6) is 0 Å². The number of likely N-dealkylation sites (tertiary alicyclic amines) is 2. The van der Waals surface area contributed by atoms with E-state index >= 15 is 0 Å². The second-order valence-corrected chi connectivity index (χ2v) is 7.80. The molecule has 6 nitrogen and oxygen atoms in total. The number of aromatic carboxylic acids is 1. The van der Waals surface area contributed by atoms with Crippen molar-refractivity contribution in [2.75, 3.05) is 26.2 Å². The van der Waals surface area contributed by atoms with Crippen molar-refractivity contribution in [2.45, 2.75) is 39.0 Å². The number of rotatable bonds is 4. The molecule has 0 atom stereocenters. The lowest BCUT2D eigenvalue weighted by atomic mass is 9.92. The highest BCUT2D eigenvalue weighted by Gasteiger charge is 2.31. The summed E-state index contributed by atoms with van der Waals surface area (Å²) in [5, 5.41) is 9.26. The fourth-order valence-electron chi connectivity index (χ4n) is 4.02. The molecule has 0 aromatic heterocycles. The van der Waals surface area contributed by atoms with Gasteiger partial charge in [-0.1, -0.05) is 25.1 Å². The van der Waals surface area contributed by atoms with Gasteiger partial charge in [-0.2, -0.15) is 0 Å². The van der Waals surface area contributed by atoms with Gasteiger partial charge in [0.15, 0.2) is 0 Å². The van der Waals surface area contributed by atoms with E-state index in [2.05, 4.69) is 6.92 Å². The minimum absolute atomic E-state index is 0.00811. The van der Waals surface area contributed by atoms with E-state index in [-0.39, 0.29) is 29.7 Å². The molecule has 6 heteroatoms. The number of carboxylic acids is 1. The van der Waals surface area contributed by atoms with E-state index in [9.17, 15) is 19.5 Å². The summed E-state index contributed by atoms with van der Waals surface area (Å²) in [4.78, 5) is 40.4. The van der Waals surface area contributed by atoms with Gasteiger partial charge in [-0.05, 0) is 43.2 Å². The SMILES string of the molecule is CC1CCN(C(=O)C2CCN(C(=O)Cc3ccccc3C(=O)O)CC2)CC1. The largest absolute Gasteiger partial charge is 0.478 e. The lowest BCUT2D eigenvalue weighted by molar-refractivity contribution is -0.141. The standard InChI is InChI=1S/C21H28N2O4/c1-15-6-10-23(11-7-15)20(25)16-8-12-22(13-9-16)19(24)14-17-4-2-3-5-18(17)21(26)27/h2-5,15-16H,6-14H2,1H3,(H,26,27). The number of amides is 2. The number of piperidine rings is 2. The molecule has 0 spiro atoms. The number of carbonyl (C=O) groups is 3. The Kier molecular flexibility index (Phi) is 6.14. The number of nitrogens with zero attached hydrogens (tertiary/aromatic N) is 2. The molecule has 1 aromatic carbocycles. The quantitative estimate of drug-likeness (QED) is 0.880. The molecule has 0 bridgehead atoms. The monoisotopic (exact) mass is 372 g/mol. The lowest BCUT2D eigenvalue weighted by Crippen LogP contribution is -2.46. The summed E-state index contributed by atoms with van der Waals surface area (Å²) in [5.74, 6) is -0.138. The molecule has 2 aliphatic rings. The number of carboxylic acid groups (broad SMARTS) is 1. The van der Waals surface area contributed by atoms with E-state index in [1.807, 2.05) is 4.90 Å². The third kappa shape index (κ3) is 4.67. The van der Waals surface area contributed by atoms with Gasteiger partial charge in [-0.25, -0.2) is 4.79 Å². The summed E-state index contributed by atoms with van der Waals surface area (Å²) in [6.45, 7) is 5.06. The first-order valence-electron chi connectivity index (χ1n) is 9.83. The molecule has 1 N–H and O–H groups in total. The van der Waals surface area contributed by atoms with Crippen LogP contribution in [0.4, 0.5) is 0 Å². The highest BCUT2D eigenvalue weighted by atomic mass is 16.4. The highest BCUT2D eigenvalue weighted by Crippen LogP contribution is 2.24. The molecule has 0 saturated carbocycles. The Morgan fingerprint density at radius 2 is 1.56 bits per heavy atom. The van der Waals surface area contributed by atoms with Gasteiger partial charge in [-0.3, -0.25) is 9.59 Å². The first-order chi connectivity index (χ1) is 13.0. The highest BCUT2D eigenvalue weighted by molar-refractivity contribution is 5.91. The first kappa shape index (κ1) is 19.4. The maximum absolute atomic E-state index is 12.7. The predicted molar refractivity (Wildman–Crippen MR) is 101 cm³/mol. The Morgan fingerprint density at radius 1 is 0.963 bits per heavy atom. The summed E-state index contributed by atoms with van der Waals surface area (Å²) in [5.41, 5.74) is 0.714. The molecular weight excluding hydrogens is 344 g/mol. The summed E-state index contributed by atoms with van der Waals surface area (Å²) in [6, 6.07) is 6.62. The smallest absolute Gasteiger partial charge is 0.335 e. The number of benzene rings is 1. The minimum Gasteiger partial charge on any atom is -0.478 e. The minimum atomic E-state index is -1.02. The molecule has 0 aliphatic carbocycles. The third-order valence-electron chi connectivity index (χ3n) is 5.88. The van der Waals surface area contributed by atoms with Crippen LogP contribution in [0, 0.1) is 11.8 Å². The van der Waals surface area contributed by atoms with E-state index in [1.165, 1.54) is 6.07 Å². The molecule has 2 aliphatic heterocycles. The zero-order valence-corrected chi connectivity index (χ0v) is 15.9. The molecule has 0 unspecified atom stereocenters. The molecule has 2 amide bonds. The van der Waals surface area contributed by atoms with Crippen molar-refractivity contribution in [1.82, 2.24) is 9.80 Å². The average Bonchev–Trinajstić information content (AvgIpc) is 2.68. The summed E-state index contributed by atoms with van der Waals surface area (Å²) < 4.78 is 0. The van der Waals surface area contributed by atoms with Crippen LogP contribution in [0.2, 0.25) is 0 Å². The normalized spacial score (nSPS) is 19.1. The zero-order chi connectivity index (χ0) is 19.4. The lowest BCUT2D eigenvalue weighted by Gasteiger charge is -2.36. The van der Waals surface area contributed by atoms with Gasteiger partial charge in [0, 0.05) is 32.1 Å². The first-order valence-corrected chi connectivity index (χ1v) is 9.83. The molecule has 2 heterocycles. The third-order valence-corrected chi connectivity index (χ3v) is 5.88. The van der Waals surface area contributed by atoms with Gasteiger partial charge in [-0.15, -0.1) is 0 Å². The summed E-state index contributed by atoms with van der Waals surface area (Å²) in [7, 11) is 0. The maximum Gasteiger partial charge on any atom is 0.335 e. The number of hydrogen-bond acceptors (Lipinski definition) is 3. The topological polar surface area (TPSA) is 77.9 Å². The van der Waals surface area contributed by atoms with Gasteiger partial charge in [0.1, 0.15) is 0 Å². The van der Waals surface area contributed by atoms with Crippen molar-refractivity contribution in [1.29, 1.82) is 0 Å². The number of carbonyl (C=O) groups excluding carboxylic acids is 2. The Labute approximate surface area is 160 Å². The van der Waals surface area contributed by atoms with Crippen LogP contribution in [-0.2, 0) is 16.0 Å². The predicted octanol–water partition coefficient (Wildman–Crippen LogP) is 2.42. The van der Waals surface area contributed by atoms with Gasteiger partial charge in [0.25, 0.3) is 0 Å². The van der Waals surface area contributed by atoms with E-state index < -0.39 is 5.97 Å². The van der Waals surface area contributed by atoms with Gasteiger partial charge in [0.2, 0.25) is 11.8 Å². The Balaban J connectivity index is 1.52. The van der Waals surface area contributed by atoms with Crippen LogP contribution in [0.25, 0.3) is 0 Å².